The lowest BCUT2D eigenvalue weighted by Crippen LogP contribution is -2.67. The van der Waals surface area contributed by atoms with Crippen LogP contribution in [0, 0.1) is 0 Å². The summed E-state index contributed by atoms with van der Waals surface area (Å²) in [4.78, 5) is 33.9. The minimum absolute atomic E-state index is 0.0221. The minimum Gasteiger partial charge on any atom is -0.493 e. The lowest BCUT2D eigenvalue weighted by molar-refractivity contribution is -0.166. The van der Waals surface area contributed by atoms with E-state index >= 15 is 0 Å². The minimum atomic E-state index is -1.07. The van der Waals surface area contributed by atoms with E-state index in [1.54, 1.807) is 16.9 Å². The number of nitrogens with zero attached hydrogens (tertiary/aromatic N) is 2. The second-order valence-electron chi connectivity index (χ2n) is 9.48. The van der Waals surface area contributed by atoms with E-state index in [0.29, 0.717) is 24.6 Å². The number of amides is 2. The van der Waals surface area contributed by atoms with Crippen LogP contribution in [0.5, 0.6) is 11.5 Å². The Morgan fingerprint density at radius 3 is 2.62 bits per heavy atom. The summed E-state index contributed by atoms with van der Waals surface area (Å²) in [6.07, 6.45) is 0.0221. The molecule has 1 saturated heterocycles. The van der Waals surface area contributed by atoms with E-state index < -0.39 is 5.54 Å². The van der Waals surface area contributed by atoms with Crippen molar-refractivity contribution in [3.63, 3.8) is 0 Å². The summed E-state index contributed by atoms with van der Waals surface area (Å²) in [6.45, 7) is 8.77. The highest BCUT2D eigenvalue weighted by atomic mass is 16.5. The van der Waals surface area contributed by atoms with E-state index in [0.717, 1.165) is 27.7 Å². The van der Waals surface area contributed by atoms with Crippen molar-refractivity contribution in [2.24, 2.45) is 0 Å². The first-order chi connectivity index (χ1) is 16.3. The number of aromatic amines is 1. The van der Waals surface area contributed by atoms with Crippen LogP contribution < -0.4 is 9.47 Å². The van der Waals surface area contributed by atoms with Gasteiger partial charge in [-0.3, -0.25) is 9.59 Å². The Balaban J connectivity index is 1.72. The monoisotopic (exact) mass is 461 g/mol. The third-order valence-corrected chi connectivity index (χ3v) is 7.15. The first kappa shape index (κ1) is 22.3. The third-order valence-electron chi connectivity index (χ3n) is 7.15. The summed E-state index contributed by atoms with van der Waals surface area (Å²) in [6, 6.07) is 14.0. The van der Waals surface area contributed by atoms with Crippen molar-refractivity contribution in [2.75, 3.05) is 26.7 Å². The van der Waals surface area contributed by atoms with Crippen LogP contribution in [0.4, 0.5) is 0 Å². The van der Waals surface area contributed by atoms with Crippen LogP contribution in [0.25, 0.3) is 10.9 Å². The molecule has 1 aromatic heterocycles. The maximum absolute atomic E-state index is 13.7. The van der Waals surface area contributed by atoms with Crippen molar-refractivity contribution < 1.29 is 19.1 Å². The van der Waals surface area contributed by atoms with Crippen LogP contribution in [0.15, 0.2) is 42.5 Å². The van der Waals surface area contributed by atoms with Crippen LogP contribution in [-0.2, 0) is 15.1 Å². The molecule has 0 saturated carbocycles. The van der Waals surface area contributed by atoms with Crippen LogP contribution in [0.2, 0.25) is 0 Å². The molecule has 0 bridgehead atoms. The van der Waals surface area contributed by atoms with Gasteiger partial charge in [0.15, 0.2) is 17.0 Å². The number of ether oxygens (including phenoxy) is 2. The van der Waals surface area contributed by atoms with Crippen molar-refractivity contribution in [1.29, 1.82) is 0 Å². The summed E-state index contributed by atoms with van der Waals surface area (Å²) < 4.78 is 11.6. The number of piperazine rings is 1. The van der Waals surface area contributed by atoms with Crippen LogP contribution in [-0.4, -0.2) is 59.4 Å². The Bertz CT molecular complexity index is 1280. The van der Waals surface area contributed by atoms with Crippen molar-refractivity contribution in [1.82, 2.24) is 14.8 Å². The lowest BCUT2D eigenvalue weighted by Gasteiger charge is -2.51. The standard InChI is InChI=1S/C27H31N3O4/c1-6-29-15-23(31)30-14-19(17-11-12-21(34-16(2)3)22(13-17)33-5)24-18-9-7-8-10-20(18)28-25(24)27(30,4)26(29)32/h7-13,16,19,28H,6,14-15H2,1-5H3/t19-,27-/m0/s1. The predicted octanol–water partition coefficient (Wildman–Crippen LogP) is 4.02. The number of likely N-dealkylation sites (N-methyl/N-ethyl adjacent to an activating group) is 1. The molecule has 2 amide bonds. The number of para-hydroxylation sites is 1. The molecule has 1 fully saturated rings. The fourth-order valence-corrected chi connectivity index (χ4v) is 5.48. The molecule has 1 N–H and O–H groups in total. The number of H-pyrrole nitrogens is 1. The molecule has 2 aliphatic heterocycles. The van der Waals surface area contributed by atoms with Gasteiger partial charge in [0.2, 0.25) is 5.91 Å². The second kappa shape index (κ2) is 8.08. The lowest BCUT2D eigenvalue weighted by atomic mass is 9.76. The van der Waals surface area contributed by atoms with Crippen molar-refractivity contribution in [3.05, 3.63) is 59.3 Å². The van der Waals surface area contributed by atoms with Crippen molar-refractivity contribution >= 4 is 22.7 Å². The van der Waals surface area contributed by atoms with Gasteiger partial charge in [-0.1, -0.05) is 24.3 Å². The second-order valence-corrected chi connectivity index (χ2v) is 9.48. The zero-order chi connectivity index (χ0) is 24.2. The molecular weight excluding hydrogens is 430 g/mol. The smallest absolute Gasteiger partial charge is 0.254 e. The number of rotatable bonds is 5. The molecule has 3 aromatic rings. The van der Waals surface area contributed by atoms with Gasteiger partial charge in [-0.2, -0.15) is 0 Å². The van der Waals surface area contributed by atoms with Gasteiger partial charge in [-0.05, 0) is 57.0 Å². The number of fused-ring (bicyclic) bond motifs is 5. The molecule has 7 nitrogen and oxygen atoms in total. The van der Waals surface area contributed by atoms with Gasteiger partial charge in [0.1, 0.15) is 0 Å². The molecule has 2 aromatic carbocycles. The number of carbonyl (C=O) groups is 2. The normalized spacial score (nSPS) is 22.2. The quantitative estimate of drug-likeness (QED) is 0.623. The van der Waals surface area contributed by atoms with Gasteiger partial charge in [0.25, 0.3) is 5.91 Å². The molecule has 5 rings (SSSR count). The summed E-state index contributed by atoms with van der Waals surface area (Å²) >= 11 is 0. The van der Waals surface area contributed by atoms with Crippen molar-refractivity contribution in [3.8, 4) is 11.5 Å². The molecule has 7 heteroatoms. The Morgan fingerprint density at radius 2 is 1.91 bits per heavy atom. The maximum atomic E-state index is 13.7. The molecular formula is C27H31N3O4. The zero-order valence-electron chi connectivity index (χ0n) is 20.3. The summed E-state index contributed by atoms with van der Waals surface area (Å²) in [5, 5.41) is 1.07. The Morgan fingerprint density at radius 1 is 1.15 bits per heavy atom. The predicted molar refractivity (Wildman–Crippen MR) is 130 cm³/mol. The fourth-order valence-electron chi connectivity index (χ4n) is 5.48. The highest BCUT2D eigenvalue weighted by Crippen LogP contribution is 2.48. The number of nitrogens with one attached hydrogen (secondary N) is 1. The SMILES string of the molecule is CCN1CC(=O)N2C[C@@H](c3ccc(OC(C)C)c(OC)c3)c3c([nH]c4ccccc34)[C@@]2(C)C1=O. The Hall–Kier alpha value is -3.48. The molecule has 0 spiro atoms. The average Bonchev–Trinajstić information content (AvgIpc) is 3.22. The first-order valence-electron chi connectivity index (χ1n) is 11.8. The Kier molecular flexibility index (Phi) is 5.30. The molecule has 2 aliphatic rings. The molecule has 178 valence electrons. The number of carbonyl (C=O) groups excluding carboxylic acids is 2. The first-order valence-corrected chi connectivity index (χ1v) is 11.8. The number of hydrogen-bond acceptors (Lipinski definition) is 4. The van der Waals surface area contributed by atoms with E-state index in [1.807, 2.05) is 64.1 Å². The van der Waals surface area contributed by atoms with E-state index in [9.17, 15) is 9.59 Å². The highest BCUT2D eigenvalue weighted by molar-refractivity contribution is 6.01. The summed E-state index contributed by atoms with van der Waals surface area (Å²) in [5.41, 5.74) is 2.76. The number of benzene rings is 2. The molecule has 0 unspecified atom stereocenters. The molecule has 34 heavy (non-hydrogen) atoms. The van der Waals surface area contributed by atoms with Gasteiger partial charge in [-0.25, -0.2) is 0 Å². The Labute approximate surface area is 199 Å². The number of hydrogen-bond donors (Lipinski definition) is 1. The number of aromatic nitrogens is 1. The number of methoxy groups -OCH3 is 1. The molecule has 0 aliphatic carbocycles. The molecule has 2 atom stereocenters. The fraction of sp³-hybridized carbons (Fsp3) is 0.407. The molecule has 0 radical (unpaired) electrons. The van der Waals surface area contributed by atoms with Gasteiger partial charge in [0, 0.05) is 29.9 Å². The van der Waals surface area contributed by atoms with Gasteiger partial charge in [-0.15, -0.1) is 0 Å². The van der Waals surface area contributed by atoms with E-state index in [2.05, 4.69) is 11.1 Å². The largest absolute Gasteiger partial charge is 0.493 e. The zero-order valence-corrected chi connectivity index (χ0v) is 20.3. The van der Waals surface area contributed by atoms with Gasteiger partial charge in [0.05, 0.1) is 25.5 Å². The summed E-state index contributed by atoms with van der Waals surface area (Å²) in [7, 11) is 1.63. The highest BCUT2D eigenvalue weighted by Gasteiger charge is 2.55. The van der Waals surface area contributed by atoms with Gasteiger partial charge < -0.3 is 24.3 Å². The topological polar surface area (TPSA) is 74.9 Å². The van der Waals surface area contributed by atoms with Crippen LogP contribution >= 0.6 is 0 Å². The van der Waals surface area contributed by atoms with E-state index in [4.69, 9.17) is 9.47 Å². The van der Waals surface area contributed by atoms with E-state index in [-0.39, 0.29) is 30.4 Å². The summed E-state index contributed by atoms with van der Waals surface area (Å²) in [5.74, 6) is 1.14. The maximum Gasteiger partial charge on any atom is 0.254 e. The van der Waals surface area contributed by atoms with E-state index in [1.165, 1.54) is 0 Å². The van der Waals surface area contributed by atoms with Gasteiger partial charge >= 0.3 is 0 Å². The third kappa shape index (κ3) is 3.17. The van der Waals surface area contributed by atoms with Crippen LogP contribution in [0.3, 0.4) is 0 Å². The average molecular weight is 462 g/mol. The van der Waals surface area contributed by atoms with Crippen molar-refractivity contribution in [2.45, 2.75) is 45.3 Å². The molecule has 3 heterocycles. The van der Waals surface area contributed by atoms with Crippen LogP contribution in [0.1, 0.15) is 50.4 Å².